The van der Waals surface area contributed by atoms with Gasteiger partial charge in [-0.1, -0.05) is 49.3 Å². The van der Waals surface area contributed by atoms with Gasteiger partial charge in [0.2, 0.25) is 11.8 Å². The van der Waals surface area contributed by atoms with Gasteiger partial charge in [0, 0.05) is 32.3 Å². The number of carbonyl (C=O) groups is 1. The zero-order valence-corrected chi connectivity index (χ0v) is 17.2. The average molecular weight is 386 g/mol. The summed E-state index contributed by atoms with van der Waals surface area (Å²) in [6.07, 6.45) is 3.55. The van der Waals surface area contributed by atoms with Gasteiger partial charge >= 0.3 is 0 Å². The third kappa shape index (κ3) is 4.93. The fourth-order valence-electron chi connectivity index (χ4n) is 3.71. The van der Waals surface area contributed by atoms with E-state index in [1.54, 1.807) is 7.11 Å². The van der Waals surface area contributed by atoms with Crippen LogP contribution in [0, 0.1) is 5.92 Å². The maximum absolute atomic E-state index is 12.7. The van der Waals surface area contributed by atoms with Crippen molar-refractivity contribution in [2.45, 2.75) is 39.7 Å². The van der Waals surface area contributed by atoms with Crippen molar-refractivity contribution in [2.75, 3.05) is 38.3 Å². The molecule has 1 aromatic carbocycles. The SMILES string of the molecule is COCC(=O)N(Cc1c(-c2ccccc2)noc1N1CCCCC1)CC(C)C. The summed E-state index contributed by atoms with van der Waals surface area (Å²) in [4.78, 5) is 16.8. The molecule has 1 aliphatic rings. The summed E-state index contributed by atoms with van der Waals surface area (Å²) in [7, 11) is 1.55. The van der Waals surface area contributed by atoms with E-state index in [9.17, 15) is 4.79 Å². The smallest absolute Gasteiger partial charge is 0.248 e. The average Bonchev–Trinajstić information content (AvgIpc) is 3.12. The molecule has 0 spiro atoms. The molecule has 0 unspecified atom stereocenters. The van der Waals surface area contributed by atoms with Crippen LogP contribution in [-0.2, 0) is 16.1 Å². The molecular formula is C22H31N3O3. The predicted octanol–water partition coefficient (Wildman–Crippen LogP) is 3.96. The second kappa shape index (κ2) is 9.73. The molecule has 0 atom stereocenters. The Hall–Kier alpha value is -2.34. The van der Waals surface area contributed by atoms with Crippen LogP contribution in [0.1, 0.15) is 38.7 Å². The van der Waals surface area contributed by atoms with E-state index in [0.717, 1.165) is 48.6 Å². The van der Waals surface area contributed by atoms with Gasteiger partial charge in [-0.3, -0.25) is 4.79 Å². The van der Waals surface area contributed by atoms with Crippen LogP contribution in [0.15, 0.2) is 34.9 Å². The Kier molecular flexibility index (Phi) is 7.09. The lowest BCUT2D eigenvalue weighted by molar-refractivity contribution is -0.136. The van der Waals surface area contributed by atoms with Gasteiger partial charge in [0.05, 0.1) is 12.1 Å². The Morgan fingerprint density at radius 3 is 2.57 bits per heavy atom. The standard InChI is InChI=1S/C22H31N3O3/c1-17(2)14-25(20(26)16-27-3)15-19-21(18-10-6-4-7-11-18)23-28-22(19)24-12-8-5-9-13-24/h4,6-7,10-11,17H,5,8-9,12-16H2,1-3H3. The molecule has 1 fully saturated rings. The van der Waals surface area contributed by atoms with Crippen LogP contribution in [-0.4, -0.2) is 49.3 Å². The van der Waals surface area contributed by atoms with Crippen LogP contribution in [0.5, 0.6) is 0 Å². The minimum atomic E-state index is -0.0130. The monoisotopic (exact) mass is 385 g/mol. The number of rotatable bonds is 8. The van der Waals surface area contributed by atoms with E-state index in [1.165, 1.54) is 6.42 Å². The number of benzene rings is 1. The largest absolute Gasteiger partial charge is 0.375 e. The van der Waals surface area contributed by atoms with Crippen molar-refractivity contribution in [1.82, 2.24) is 10.1 Å². The number of ether oxygens (including phenoxy) is 1. The maximum atomic E-state index is 12.7. The first-order valence-electron chi connectivity index (χ1n) is 10.2. The first-order valence-corrected chi connectivity index (χ1v) is 10.2. The minimum Gasteiger partial charge on any atom is -0.375 e. The van der Waals surface area contributed by atoms with E-state index in [4.69, 9.17) is 9.26 Å². The van der Waals surface area contributed by atoms with Gasteiger partial charge < -0.3 is 19.1 Å². The van der Waals surface area contributed by atoms with Crippen LogP contribution in [0.2, 0.25) is 0 Å². The molecule has 1 amide bonds. The van der Waals surface area contributed by atoms with Crippen LogP contribution in [0.25, 0.3) is 11.3 Å². The van der Waals surface area contributed by atoms with Gasteiger partial charge in [0.1, 0.15) is 12.3 Å². The van der Waals surface area contributed by atoms with Gasteiger partial charge in [-0.2, -0.15) is 0 Å². The van der Waals surface area contributed by atoms with E-state index in [1.807, 2.05) is 35.2 Å². The molecule has 2 aromatic rings. The summed E-state index contributed by atoms with van der Waals surface area (Å²) in [5.74, 6) is 1.15. The van der Waals surface area contributed by atoms with E-state index in [0.29, 0.717) is 19.0 Å². The molecule has 0 N–H and O–H groups in total. The number of piperidine rings is 1. The van der Waals surface area contributed by atoms with Crippen LogP contribution in [0.3, 0.4) is 0 Å². The predicted molar refractivity (Wildman–Crippen MR) is 110 cm³/mol. The van der Waals surface area contributed by atoms with E-state index in [-0.39, 0.29) is 12.5 Å². The fourth-order valence-corrected chi connectivity index (χ4v) is 3.71. The first kappa shape index (κ1) is 20.4. The molecule has 152 valence electrons. The second-order valence-electron chi connectivity index (χ2n) is 7.83. The molecule has 1 saturated heterocycles. The highest BCUT2D eigenvalue weighted by Crippen LogP contribution is 2.34. The third-order valence-corrected chi connectivity index (χ3v) is 5.01. The number of methoxy groups -OCH3 is 1. The Balaban J connectivity index is 1.97. The number of carbonyl (C=O) groups excluding carboxylic acids is 1. The quantitative estimate of drug-likeness (QED) is 0.688. The summed E-state index contributed by atoms with van der Waals surface area (Å²) >= 11 is 0. The van der Waals surface area contributed by atoms with Crippen molar-refractivity contribution in [3.05, 3.63) is 35.9 Å². The molecule has 0 saturated carbocycles. The molecule has 0 radical (unpaired) electrons. The Labute approximate surface area is 167 Å². The summed E-state index contributed by atoms with van der Waals surface area (Å²) in [6.45, 7) is 7.38. The number of amides is 1. The molecule has 0 bridgehead atoms. The molecule has 3 rings (SSSR count). The molecule has 2 heterocycles. The van der Waals surface area contributed by atoms with Crippen LogP contribution < -0.4 is 4.90 Å². The van der Waals surface area contributed by atoms with E-state index in [2.05, 4.69) is 23.9 Å². The van der Waals surface area contributed by atoms with Crippen molar-refractivity contribution in [3.8, 4) is 11.3 Å². The van der Waals surface area contributed by atoms with E-state index >= 15 is 0 Å². The lowest BCUT2D eigenvalue weighted by Gasteiger charge is -2.29. The number of anilines is 1. The first-order chi connectivity index (χ1) is 13.6. The Morgan fingerprint density at radius 1 is 1.21 bits per heavy atom. The van der Waals surface area contributed by atoms with Gasteiger partial charge in [-0.05, 0) is 25.2 Å². The maximum Gasteiger partial charge on any atom is 0.248 e. The van der Waals surface area contributed by atoms with Crippen molar-refractivity contribution < 1.29 is 14.1 Å². The lowest BCUT2D eigenvalue weighted by Crippen LogP contribution is -2.37. The summed E-state index contributed by atoms with van der Waals surface area (Å²) in [6, 6.07) is 10.0. The zero-order valence-electron chi connectivity index (χ0n) is 17.2. The zero-order chi connectivity index (χ0) is 19.9. The van der Waals surface area contributed by atoms with Crippen LogP contribution in [0.4, 0.5) is 5.88 Å². The highest BCUT2D eigenvalue weighted by atomic mass is 16.5. The van der Waals surface area contributed by atoms with Crippen molar-refractivity contribution in [1.29, 1.82) is 0 Å². The number of hydrogen-bond donors (Lipinski definition) is 0. The van der Waals surface area contributed by atoms with Crippen LogP contribution >= 0.6 is 0 Å². The fraction of sp³-hybridized carbons (Fsp3) is 0.545. The number of nitrogens with zero attached hydrogens (tertiary/aromatic N) is 3. The van der Waals surface area contributed by atoms with Gasteiger partial charge in [-0.25, -0.2) is 0 Å². The molecule has 6 heteroatoms. The van der Waals surface area contributed by atoms with Gasteiger partial charge in [0.25, 0.3) is 0 Å². The van der Waals surface area contributed by atoms with Crippen molar-refractivity contribution in [2.24, 2.45) is 5.92 Å². The van der Waals surface area contributed by atoms with Crippen molar-refractivity contribution in [3.63, 3.8) is 0 Å². The highest BCUT2D eigenvalue weighted by Gasteiger charge is 2.27. The Bertz CT molecular complexity index is 752. The molecule has 0 aliphatic carbocycles. The number of hydrogen-bond acceptors (Lipinski definition) is 5. The molecular weight excluding hydrogens is 354 g/mol. The highest BCUT2D eigenvalue weighted by molar-refractivity contribution is 5.78. The third-order valence-electron chi connectivity index (χ3n) is 5.01. The van der Waals surface area contributed by atoms with Gasteiger partial charge in [-0.15, -0.1) is 0 Å². The summed E-state index contributed by atoms with van der Waals surface area (Å²) in [5.41, 5.74) is 2.81. The topological polar surface area (TPSA) is 58.8 Å². The molecule has 6 nitrogen and oxygen atoms in total. The summed E-state index contributed by atoms with van der Waals surface area (Å²) < 4.78 is 10.9. The lowest BCUT2D eigenvalue weighted by atomic mass is 10.0. The molecule has 1 aliphatic heterocycles. The Morgan fingerprint density at radius 2 is 1.93 bits per heavy atom. The van der Waals surface area contributed by atoms with Gasteiger partial charge in [0.15, 0.2) is 0 Å². The second-order valence-corrected chi connectivity index (χ2v) is 7.83. The molecule has 1 aromatic heterocycles. The van der Waals surface area contributed by atoms with E-state index < -0.39 is 0 Å². The normalized spacial score (nSPS) is 14.5. The minimum absolute atomic E-state index is 0.0130. The van der Waals surface area contributed by atoms with Crippen molar-refractivity contribution >= 4 is 11.8 Å². The number of aromatic nitrogens is 1. The molecule has 28 heavy (non-hydrogen) atoms. The summed E-state index contributed by atoms with van der Waals surface area (Å²) in [5, 5.41) is 4.41.